The molecule has 1 fully saturated rings. The van der Waals surface area contributed by atoms with Gasteiger partial charge in [-0.1, -0.05) is 12.1 Å². The van der Waals surface area contributed by atoms with Gasteiger partial charge in [-0.15, -0.1) is 0 Å². The van der Waals surface area contributed by atoms with Crippen molar-refractivity contribution in [2.24, 2.45) is 0 Å². The number of hydrogen-bond donors (Lipinski definition) is 1. The van der Waals surface area contributed by atoms with Crippen LogP contribution in [0.3, 0.4) is 0 Å². The third-order valence-corrected chi connectivity index (χ3v) is 5.36. The summed E-state index contributed by atoms with van der Waals surface area (Å²) in [7, 11) is 0. The fourth-order valence-corrected chi connectivity index (χ4v) is 4.15. The number of aromatic nitrogens is 1. The van der Waals surface area contributed by atoms with E-state index in [2.05, 4.69) is 15.4 Å². The number of halogens is 1. The van der Waals surface area contributed by atoms with Gasteiger partial charge in [-0.25, -0.2) is 4.39 Å². The van der Waals surface area contributed by atoms with Gasteiger partial charge in [-0.3, -0.25) is 4.79 Å². The zero-order chi connectivity index (χ0) is 19.6. The smallest absolute Gasteiger partial charge is 0.220 e. The number of nitrogens with zero attached hydrogens (tertiary/aromatic N) is 2. The fraction of sp³-hybridized carbons (Fsp3) is 0.524. The number of benzene rings is 1. The summed E-state index contributed by atoms with van der Waals surface area (Å²) in [5.74, 6) is 0.676. The Morgan fingerprint density at radius 3 is 2.85 bits per heavy atom. The molecule has 0 bridgehead atoms. The molecule has 1 aliphatic rings. The molecule has 0 saturated carbocycles. The summed E-state index contributed by atoms with van der Waals surface area (Å²) in [5, 5.41) is 7.15. The van der Waals surface area contributed by atoms with Gasteiger partial charge in [0.15, 0.2) is 0 Å². The van der Waals surface area contributed by atoms with Crippen LogP contribution in [0.1, 0.15) is 54.7 Å². The van der Waals surface area contributed by atoms with Gasteiger partial charge in [-0.2, -0.15) is 0 Å². The van der Waals surface area contributed by atoms with Gasteiger partial charge >= 0.3 is 0 Å². The van der Waals surface area contributed by atoms with Crippen LogP contribution in [0, 0.1) is 26.6 Å². The first-order chi connectivity index (χ1) is 12.8. The van der Waals surface area contributed by atoms with E-state index in [0.717, 1.165) is 54.2 Å². The van der Waals surface area contributed by atoms with Crippen LogP contribution in [-0.2, 0) is 4.79 Å². The van der Waals surface area contributed by atoms with Crippen LogP contribution in [0.2, 0.25) is 0 Å². The second kappa shape index (κ2) is 8.11. The van der Waals surface area contributed by atoms with E-state index < -0.39 is 0 Å². The first-order valence-electron chi connectivity index (χ1n) is 9.58. The van der Waals surface area contributed by atoms with Gasteiger partial charge in [0.25, 0.3) is 0 Å². The van der Waals surface area contributed by atoms with Crippen LogP contribution in [0.5, 0.6) is 0 Å². The van der Waals surface area contributed by atoms with Crippen molar-refractivity contribution in [2.75, 3.05) is 18.0 Å². The number of amides is 1. The van der Waals surface area contributed by atoms with Gasteiger partial charge in [0, 0.05) is 36.8 Å². The van der Waals surface area contributed by atoms with Crippen molar-refractivity contribution in [2.45, 2.75) is 58.9 Å². The Hall–Kier alpha value is -2.37. The SMILES string of the molecule is Cc1cc(F)ccc1N1CCCC(NC(=O)CC(C)c2c(C)noc2C)C1. The maximum absolute atomic E-state index is 13.4. The van der Waals surface area contributed by atoms with E-state index >= 15 is 0 Å². The van der Waals surface area contributed by atoms with Gasteiger partial charge in [-0.05, 0) is 63.3 Å². The van der Waals surface area contributed by atoms with Crippen LogP contribution < -0.4 is 10.2 Å². The summed E-state index contributed by atoms with van der Waals surface area (Å²) in [6.45, 7) is 9.41. The van der Waals surface area contributed by atoms with Crippen molar-refractivity contribution in [1.82, 2.24) is 10.5 Å². The monoisotopic (exact) mass is 373 g/mol. The minimum atomic E-state index is -0.216. The molecule has 2 unspecified atom stereocenters. The number of aryl methyl sites for hydroxylation is 3. The summed E-state index contributed by atoms with van der Waals surface area (Å²) < 4.78 is 18.6. The Balaban J connectivity index is 1.59. The summed E-state index contributed by atoms with van der Waals surface area (Å²) >= 11 is 0. The van der Waals surface area contributed by atoms with Crippen LogP contribution >= 0.6 is 0 Å². The second-order valence-corrected chi connectivity index (χ2v) is 7.63. The number of nitrogens with one attached hydrogen (secondary N) is 1. The highest BCUT2D eigenvalue weighted by Crippen LogP contribution is 2.27. The third-order valence-electron chi connectivity index (χ3n) is 5.36. The standard InChI is InChI=1S/C21H28FN3O2/c1-13-10-17(22)7-8-19(13)25-9-5-6-18(12-25)23-20(26)11-14(2)21-15(3)24-27-16(21)4/h7-8,10,14,18H,5-6,9,11-12H2,1-4H3,(H,23,26). The van der Waals surface area contributed by atoms with E-state index in [1.54, 1.807) is 6.07 Å². The third kappa shape index (κ3) is 4.49. The summed E-state index contributed by atoms with van der Waals surface area (Å²) in [6, 6.07) is 4.99. The van der Waals surface area contributed by atoms with Crippen LogP contribution in [0.15, 0.2) is 22.7 Å². The predicted octanol–water partition coefficient (Wildman–Crippen LogP) is 4.02. The molecule has 0 radical (unpaired) electrons. The molecule has 27 heavy (non-hydrogen) atoms. The van der Waals surface area contributed by atoms with Gasteiger partial charge in [0.05, 0.1) is 5.69 Å². The van der Waals surface area contributed by atoms with Crippen molar-refractivity contribution in [1.29, 1.82) is 0 Å². The fourth-order valence-electron chi connectivity index (χ4n) is 4.15. The minimum Gasteiger partial charge on any atom is -0.369 e. The van der Waals surface area contributed by atoms with Crippen LogP contribution in [0.25, 0.3) is 0 Å². The summed E-state index contributed by atoms with van der Waals surface area (Å²) in [5.41, 5.74) is 3.84. The van der Waals surface area contributed by atoms with Crippen molar-refractivity contribution in [3.05, 3.63) is 46.6 Å². The molecule has 5 nitrogen and oxygen atoms in total. The van der Waals surface area contributed by atoms with E-state index in [1.165, 1.54) is 6.07 Å². The number of carbonyl (C=O) groups is 1. The Labute approximate surface area is 159 Å². The average molecular weight is 373 g/mol. The number of hydrogen-bond acceptors (Lipinski definition) is 4. The molecule has 0 aliphatic carbocycles. The zero-order valence-electron chi connectivity index (χ0n) is 16.5. The molecule has 2 atom stereocenters. The van der Waals surface area contributed by atoms with Crippen LogP contribution in [-0.4, -0.2) is 30.2 Å². The van der Waals surface area contributed by atoms with Gasteiger partial charge in [0.2, 0.25) is 5.91 Å². The molecule has 1 amide bonds. The molecular weight excluding hydrogens is 345 g/mol. The van der Waals surface area contributed by atoms with E-state index in [0.29, 0.717) is 6.42 Å². The topological polar surface area (TPSA) is 58.4 Å². The first-order valence-corrected chi connectivity index (χ1v) is 9.58. The number of rotatable bonds is 5. The molecule has 146 valence electrons. The second-order valence-electron chi connectivity index (χ2n) is 7.63. The van der Waals surface area contributed by atoms with Crippen molar-refractivity contribution >= 4 is 11.6 Å². The molecule has 3 rings (SSSR count). The maximum atomic E-state index is 13.4. The molecule has 0 spiro atoms. The van der Waals surface area contributed by atoms with E-state index in [1.807, 2.05) is 33.8 Å². The van der Waals surface area contributed by atoms with E-state index in [9.17, 15) is 9.18 Å². The quantitative estimate of drug-likeness (QED) is 0.860. The van der Waals surface area contributed by atoms with Gasteiger partial charge in [0.1, 0.15) is 11.6 Å². The van der Waals surface area contributed by atoms with Crippen molar-refractivity contribution < 1.29 is 13.7 Å². The lowest BCUT2D eigenvalue weighted by Gasteiger charge is -2.35. The normalized spacial score (nSPS) is 18.4. The van der Waals surface area contributed by atoms with Crippen molar-refractivity contribution in [3.8, 4) is 0 Å². The molecule has 1 aliphatic heterocycles. The maximum Gasteiger partial charge on any atom is 0.220 e. The Morgan fingerprint density at radius 2 is 2.19 bits per heavy atom. The lowest BCUT2D eigenvalue weighted by Crippen LogP contribution is -2.48. The number of carbonyl (C=O) groups excluding carboxylic acids is 1. The Morgan fingerprint density at radius 1 is 1.41 bits per heavy atom. The highest BCUT2D eigenvalue weighted by Gasteiger charge is 2.24. The zero-order valence-corrected chi connectivity index (χ0v) is 16.5. The molecule has 2 aromatic rings. The van der Waals surface area contributed by atoms with E-state index in [-0.39, 0.29) is 23.7 Å². The first kappa shape index (κ1) is 19.4. The predicted molar refractivity (Wildman–Crippen MR) is 104 cm³/mol. The largest absolute Gasteiger partial charge is 0.369 e. The molecule has 1 aromatic carbocycles. The summed E-state index contributed by atoms with van der Waals surface area (Å²) in [4.78, 5) is 14.8. The van der Waals surface area contributed by atoms with Crippen molar-refractivity contribution in [3.63, 3.8) is 0 Å². The average Bonchev–Trinajstić information content (AvgIpc) is 2.93. The van der Waals surface area contributed by atoms with Gasteiger partial charge < -0.3 is 14.7 Å². The van der Waals surface area contributed by atoms with Crippen LogP contribution in [0.4, 0.5) is 10.1 Å². The van der Waals surface area contributed by atoms with E-state index in [4.69, 9.17) is 4.52 Å². The molecule has 6 heteroatoms. The summed E-state index contributed by atoms with van der Waals surface area (Å²) in [6.07, 6.45) is 2.37. The highest BCUT2D eigenvalue weighted by atomic mass is 19.1. The molecular formula is C21H28FN3O2. The lowest BCUT2D eigenvalue weighted by atomic mass is 9.95. The highest BCUT2D eigenvalue weighted by molar-refractivity contribution is 5.77. The molecule has 1 N–H and O–H groups in total. The molecule has 1 saturated heterocycles. The Bertz CT molecular complexity index is 798. The minimum absolute atomic E-state index is 0.0465. The lowest BCUT2D eigenvalue weighted by molar-refractivity contribution is -0.122. The Kier molecular flexibility index (Phi) is 5.82. The molecule has 2 heterocycles. The number of anilines is 1. The molecule has 1 aromatic heterocycles. The number of piperidine rings is 1.